The Bertz CT molecular complexity index is 1160. The molecular weight excluding hydrogens is 459 g/mol. The van der Waals surface area contributed by atoms with Crippen LogP contribution in [-0.4, -0.2) is 42.3 Å². The molecule has 0 bridgehead atoms. The normalized spacial score (nSPS) is 18.3. The van der Waals surface area contributed by atoms with Crippen molar-refractivity contribution in [3.05, 3.63) is 53.9 Å². The number of halogens is 3. The van der Waals surface area contributed by atoms with Crippen LogP contribution in [-0.2, 0) is 21.2 Å². The van der Waals surface area contributed by atoms with Gasteiger partial charge in [0.1, 0.15) is 6.54 Å². The van der Waals surface area contributed by atoms with Crippen molar-refractivity contribution < 1.29 is 31.2 Å². The molecule has 0 unspecified atom stereocenters. The number of hydrogen-bond donors (Lipinski definition) is 0. The fraction of sp³-hybridized carbons (Fsp3) is 0.409. The van der Waals surface area contributed by atoms with Gasteiger partial charge in [-0.1, -0.05) is 19.3 Å². The van der Waals surface area contributed by atoms with Gasteiger partial charge >= 0.3 is 11.5 Å². The molecule has 176 valence electrons. The maximum atomic E-state index is 12.9. The van der Waals surface area contributed by atoms with Crippen LogP contribution in [0.2, 0.25) is 0 Å². The summed E-state index contributed by atoms with van der Waals surface area (Å²) in [6, 6.07) is 6.62. The van der Waals surface area contributed by atoms with E-state index in [0.29, 0.717) is 5.92 Å². The lowest BCUT2D eigenvalue weighted by Gasteiger charge is -2.22. The van der Waals surface area contributed by atoms with Gasteiger partial charge in [0, 0.05) is 24.4 Å². The Labute approximate surface area is 189 Å². The summed E-state index contributed by atoms with van der Waals surface area (Å²) < 4.78 is 61.2. The lowest BCUT2D eigenvalue weighted by Crippen LogP contribution is -2.33. The number of aromatic nitrogens is 1. The van der Waals surface area contributed by atoms with E-state index in [1.54, 1.807) is 12.3 Å². The van der Waals surface area contributed by atoms with Crippen LogP contribution in [0.3, 0.4) is 0 Å². The number of hydrogen-bond acceptors (Lipinski definition) is 5. The number of alkyl halides is 3. The van der Waals surface area contributed by atoms with Crippen molar-refractivity contribution in [2.45, 2.75) is 55.0 Å². The SMILES string of the molecule is O=C1CN(Cc2ccnc(C3CCCCC3)c2)C(=O)N1c1ccc(S(=O)(=O)C(F)(F)F)cc1. The van der Waals surface area contributed by atoms with Crippen LogP contribution in [0, 0.1) is 0 Å². The summed E-state index contributed by atoms with van der Waals surface area (Å²) >= 11 is 0. The van der Waals surface area contributed by atoms with E-state index in [1.165, 1.54) is 11.3 Å². The molecule has 0 atom stereocenters. The van der Waals surface area contributed by atoms with Crippen LogP contribution in [0.5, 0.6) is 0 Å². The molecular formula is C22H22F3N3O4S. The van der Waals surface area contributed by atoms with Crippen molar-refractivity contribution in [3.63, 3.8) is 0 Å². The maximum Gasteiger partial charge on any atom is 0.501 e. The lowest BCUT2D eigenvalue weighted by atomic mass is 9.86. The van der Waals surface area contributed by atoms with Crippen molar-refractivity contribution in [1.82, 2.24) is 9.88 Å². The van der Waals surface area contributed by atoms with Gasteiger partial charge in [-0.15, -0.1) is 0 Å². The molecule has 1 aromatic carbocycles. The van der Waals surface area contributed by atoms with Crippen LogP contribution in [0.4, 0.5) is 23.7 Å². The first-order valence-corrected chi connectivity index (χ1v) is 12.0. The number of pyridine rings is 1. The van der Waals surface area contributed by atoms with E-state index in [9.17, 15) is 31.2 Å². The molecule has 7 nitrogen and oxygen atoms in total. The Morgan fingerprint density at radius 3 is 2.30 bits per heavy atom. The Balaban J connectivity index is 1.49. The molecule has 1 aliphatic carbocycles. The van der Waals surface area contributed by atoms with Gasteiger partial charge < -0.3 is 4.90 Å². The topological polar surface area (TPSA) is 87.7 Å². The largest absolute Gasteiger partial charge is 0.501 e. The van der Waals surface area contributed by atoms with Crippen LogP contribution in [0.25, 0.3) is 0 Å². The molecule has 2 heterocycles. The third kappa shape index (κ3) is 4.59. The number of rotatable bonds is 5. The fourth-order valence-electron chi connectivity index (χ4n) is 4.27. The van der Waals surface area contributed by atoms with Crippen LogP contribution in [0.15, 0.2) is 47.5 Å². The molecule has 3 amide bonds. The second kappa shape index (κ2) is 8.77. The van der Waals surface area contributed by atoms with Crippen molar-refractivity contribution in [2.75, 3.05) is 11.4 Å². The molecule has 0 N–H and O–H groups in total. The van der Waals surface area contributed by atoms with E-state index in [-0.39, 0.29) is 18.8 Å². The first-order valence-electron chi connectivity index (χ1n) is 10.6. The maximum absolute atomic E-state index is 12.9. The standard InChI is InChI=1S/C22H22F3N3O4S/c23-22(24,25)33(31,32)18-8-6-17(7-9-18)28-20(29)14-27(21(28)30)13-15-10-11-26-19(12-15)16-4-2-1-3-5-16/h6-12,16H,1-5,13-14H2. The highest BCUT2D eigenvalue weighted by molar-refractivity contribution is 7.92. The summed E-state index contributed by atoms with van der Waals surface area (Å²) in [5.74, 6) is -0.161. The second-order valence-corrected chi connectivity index (χ2v) is 10.2. The van der Waals surface area contributed by atoms with Crippen molar-refractivity contribution in [3.8, 4) is 0 Å². The quantitative estimate of drug-likeness (QED) is 0.591. The van der Waals surface area contributed by atoms with Gasteiger partial charge in [-0.3, -0.25) is 9.78 Å². The molecule has 11 heteroatoms. The second-order valence-electron chi connectivity index (χ2n) is 8.23. The Morgan fingerprint density at radius 2 is 1.67 bits per heavy atom. The molecule has 33 heavy (non-hydrogen) atoms. The Morgan fingerprint density at radius 1 is 1.00 bits per heavy atom. The third-order valence-electron chi connectivity index (χ3n) is 5.99. The zero-order valence-electron chi connectivity index (χ0n) is 17.6. The van der Waals surface area contributed by atoms with E-state index < -0.39 is 32.2 Å². The van der Waals surface area contributed by atoms with Gasteiger partial charge in [0.05, 0.1) is 10.6 Å². The summed E-state index contributed by atoms with van der Waals surface area (Å²) in [5, 5.41) is 0. The number of carbonyl (C=O) groups excluding carboxylic acids is 2. The van der Waals surface area contributed by atoms with Gasteiger partial charge in [0.2, 0.25) is 0 Å². The minimum atomic E-state index is -5.51. The van der Waals surface area contributed by atoms with Crippen LogP contribution < -0.4 is 4.90 Å². The van der Waals surface area contributed by atoms with E-state index in [1.807, 2.05) is 6.07 Å². The first-order chi connectivity index (χ1) is 15.6. The highest BCUT2D eigenvalue weighted by Crippen LogP contribution is 2.33. The van der Waals surface area contributed by atoms with E-state index >= 15 is 0 Å². The highest BCUT2D eigenvalue weighted by Gasteiger charge is 2.47. The van der Waals surface area contributed by atoms with E-state index in [2.05, 4.69) is 4.98 Å². The summed E-state index contributed by atoms with van der Waals surface area (Å²) in [7, 11) is -5.51. The summed E-state index contributed by atoms with van der Waals surface area (Å²) in [6.07, 6.45) is 7.39. The number of amides is 3. The minimum absolute atomic E-state index is 0.00578. The lowest BCUT2D eigenvalue weighted by molar-refractivity contribution is -0.116. The van der Waals surface area contributed by atoms with Gasteiger partial charge in [-0.25, -0.2) is 18.1 Å². The number of urea groups is 1. The smallest absolute Gasteiger partial charge is 0.310 e. The molecule has 0 spiro atoms. The van der Waals surface area contributed by atoms with Crippen molar-refractivity contribution in [1.29, 1.82) is 0 Å². The number of benzene rings is 1. The zero-order chi connectivity index (χ0) is 23.8. The molecule has 1 saturated heterocycles. The zero-order valence-corrected chi connectivity index (χ0v) is 18.4. The van der Waals surface area contributed by atoms with Crippen molar-refractivity contribution >= 4 is 27.5 Å². The van der Waals surface area contributed by atoms with E-state index in [4.69, 9.17) is 0 Å². The molecule has 4 rings (SSSR count). The van der Waals surface area contributed by atoms with Gasteiger partial charge in [0.15, 0.2) is 0 Å². The predicted molar refractivity (Wildman–Crippen MR) is 113 cm³/mol. The summed E-state index contributed by atoms with van der Waals surface area (Å²) in [4.78, 5) is 31.0. The molecule has 1 aromatic heterocycles. The Hall–Kier alpha value is -2.95. The molecule has 2 fully saturated rings. The highest BCUT2D eigenvalue weighted by atomic mass is 32.2. The Kier molecular flexibility index (Phi) is 6.17. The van der Waals surface area contributed by atoms with Gasteiger partial charge in [0.25, 0.3) is 15.7 Å². The summed E-state index contributed by atoms with van der Waals surface area (Å²) in [6.45, 7) is -0.00757. The molecule has 0 radical (unpaired) electrons. The average Bonchev–Trinajstić information content (AvgIpc) is 3.06. The number of sulfone groups is 1. The monoisotopic (exact) mass is 481 g/mol. The van der Waals surface area contributed by atoms with Gasteiger partial charge in [-0.2, -0.15) is 13.2 Å². The number of imide groups is 1. The number of carbonyl (C=O) groups is 2. The molecule has 1 aliphatic heterocycles. The predicted octanol–water partition coefficient (Wildman–Crippen LogP) is 4.39. The van der Waals surface area contributed by atoms with Crippen molar-refractivity contribution in [2.24, 2.45) is 0 Å². The molecule has 2 aromatic rings. The van der Waals surface area contributed by atoms with Gasteiger partial charge in [-0.05, 0) is 54.8 Å². The summed E-state index contributed by atoms with van der Waals surface area (Å²) in [5.41, 5.74) is -3.62. The molecule has 2 aliphatic rings. The van der Waals surface area contributed by atoms with Crippen LogP contribution in [0.1, 0.15) is 49.3 Å². The van der Waals surface area contributed by atoms with E-state index in [0.717, 1.165) is 66.1 Å². The average molecular weight is 481 g/mol. The third-order valence-corrected chi connectivity index (χ3v) is 7.49. The minimum Gasteiger partial charge on any atom is -0.310 e. The fourth-order valence-corrected chi connectivity index (χ4v) is 5.03. The first kappa shape index (κ1) is 23.2. The number of anilines is 1. The molecule has 1 saturated carbocycles. The van der Waals surface area contributed by atoms with Crippen LogP contribution >= 0.6 is 0 Å². The number of nitrogens with zero attached hydrogens (tertiary/aromatic N) is 3.